The van der Waals surface area contributed by atoms with Gasteiger partial charge in [0.15, 0.2) is 0 Å². The van der Waals surface area contributed by atoms with Gasteiger partial charge in [0.05, 0.1) is 58.7 Å². The van der Waals surface area contributed by atoms with E-state index in [4.69, 9.17) is 28.0 Å². The second kappa shape index (κ2) is 18.8. The molecule has 13 heteroatoms. The van der Waals surface area contributed by atoms with Crippen LogP contribution in [-0.4, -0.2) is 72.1 Å². The number of aryl methyl sites for hydroxylation is 1. The summed E-state index contributed by atoms with van der Waals surface area (Å²) in [4.78, 5) is 27.5. The molecule has 4 atom stereocenters. The van der Waals surface area contributed by atoms with Gasteiger partial charge in [-0.3, -0.25) is 14.3 Å². The van der Waals surface area contributed by atoms with Gasteiger partial charge in [-0.25, -0.2) is 9.46 Å². The van der Waals surface area contributed by atoms with Gasteiger partial charge in [0, 0.05) is 30.3 Å². The second-order valence-electron chi connectivity index (χ2n) is 13.8. The molecular formula is C41H51N4O8P. The van der Waals surface area contributed by atoms with Crippen LogP contribution in [0.4, 0.5) is 0 Å². The number of nitrogens with zero attached hydrogens (tertiary/aromatic N) is 3. The molecule has 5 rings (SSSR count). The number of hydrogen-bond acceptors (Lipinski definition) is 10. The van der Waals surface area contributed by atoms with Gasteiger partial charge in [-0.15, -0.1) is 0 Å². The molecule has 288 valence electrons. The lowest BCUT2D eigenvalue weighted by atomic mass is 9.79. The number of ether oxygens (including phenoxy) is 4. The summed E-state index contributed by atoms with van der Waals surface area (Å²) in [5.74, 6) is 1.41. The molecule has 1 fully saturated rings. The third kappa shape index (κ3) is 9.47. The van der Waals surface area contributed by atoms with Gasteiger partial charge in [0.1, 0.15) is 23.2 Å². The van der Waals surface area contributed by atoms with E-state index >= 15 is 0 Å². The highest BCUT2D eigenvalue weighted by molar-refractivity contribution is 7.44. The number of rotatable bonds is 18. The molecule has 1 aromatic heterocycles. The van der Waals surface area contributed by atoms with Crippen LogP contribution in [-0.2, 0) is 30.7 Å². The number of aromatic nitrogens is 2. The average Bonchev–Trinajstić information content (AvgIpc) is 3.55. The summed E-state index contributed by atoms with van der Waals surface area (Å²) >= 11 is 0. The number of hydrogen-bond donors (Lipinski definition) is 1. The Morgan fingerprint density at radius 3 is 2.02 bits per heavy atom. The monoisotopic (exact) mass is 758 g/mol. The molecule has 1 unspecified atom stereocenters. The van der Waals surface area contributed by atoms with E-state index in [0.717, 1.165) is 16.7 Å². The van der Waals surface area contributed by atoms with Crippen molar-refractivity contribution in [1.82, 2.24) is 14.2 Å². The Hall–Kier alpha value is -4.34. The van der Waals surface area contributed by atoms with E-state index in [0.29, 0.717) is 23.5 Å². The Morgan fingerprint density at radius 1 is 0.907 bits per heavy atom. The van der Waals surface area contributed by atoms with Crippen LogP contribution in [0.15, 0.2) is 94.6 Å². The van der Waals surface area contributed by atoms with E-state index in [1.807, 2.05) is 78.9 Å². The van der Waals surface area contributed by atoms with Crippen LogP contribution in [0.2, 0.25) is 0 Å². The third-order valence-corrected chi connectivity index (χ3v) is 11.5. The van der Waals surface area contributed by atoms with Crippen LogP contribution in [0.5, 0.6) is 11.5 Å². The maximum absolute atomic E-state index is 12.9. The van der Waals surface area contributed by atoms with Gasteiger partial charge >= 0.3 is 5.69 Å². The fraction of sp³-hybridized carbons (Fsp3) is 0.439. The molecule has 0 amide bonds. The van der Waals surface area contributed by atoms with Gasteiger partial charge in [-0.1, -0.05) is 54.6 Å². The van der Waals surface area contributed by atoms with Crippen molar-refractivity contribution in [3.05, 3.63) is 128 Å². The largest absolute Gasteiger partial charge is 0.497 e. The summed E-state index contributed by atoms with van der Waals surface area (Å²) in [5, 5.41) is 9.25. The number of nitrogens with one attached hydrogen (secondary N) is 1. The first kappa shape index (κ1) is 40.8. The Bertz CT molecular complexity index is 1890. The third-order valence-electron chi connectivity index (χ3n) is 9.38. The van der Waals surface area contributed by atoms with Crippen molar-refractivity contribution >= 4 is 8.53 Å². The Morgan fingerprint density at radius 2 is 1.48 bits per heavy atom. The number of aromatic amines is 1. The molecule has 0 spiro atoms. The summed E-state index contributed by atoms with van der Waals surface area (Å²) in [6, 6.07) is 28.1. The van der Waals surface area contributed by atoms with E-state index in [-0.39, 0.29) is 38.3 Å². The van der Waals surface area contributed by atoms with Gasteiger partial charge in [0.25, 0.3) is 14.1 Å². The van der Waals surface area contributed by atoms with E-state index in [2.05, 4.69) is 43.4 Å². The summed E-state index contributed by atoms with van der Waals surface area (Å²) in [7, 11) is 1.69. The number of methoxy groups -OCH3 is 2. The Kier molecular flexibility index (Phi) is 14.2. The number of benzene rings is 3. The minimum atomic E-state index is -1.58. The fourth-order valence-corrected chi connectivity index (χ4v) is 8.49. The van der Waals surface area contributed by atoms with E-state index in [1.54, 1.807) is 27.3 Å². The van der Waals surface area contributed by atoms with Crippen LogP contribution in [0, 0.1) is 18.3 Å². The predicted octanol–water partition coefficient (Wildman–Crippen LogP) is 6.69. The van der Waals surface area contributed by atoms with Crippen LogP contribution >= 0.6 is 8.53 Å². The lowest BCUT2D eigenvalue weighted by molar-refractivity contribution is -0.0931. The molecule has 0 radical (unpaired) electrons. The van der Waals surface area contributed by atoms with Crippen molar-refractivity contribution in [2.24, 2.45) is 0 Å². The summed E-state index contributed by atoms with van der Waals surface area (Å²) in [5.41, 5.74) is 0.968. The van der Waals surface area contributed by atoms with Gasteiger partial charge in [-0.05, 0) is 75.6 Å². The van der Waals surface area contributed by atoms with Crippen LogP contribution < -0.4 is 20.7 Å². The van der Waals surface area contributed by atoms with E-state index in [1.165, 1.54) is 4.57 Å². The standard InChI is InChI=1S/C41H51N4O8P/c1-28(2)45(29(3)4)54(50-23-11-22-42)51-27-38-37(24-36(52-38)26-44-25-30(5)39(46)43-40(44)47)53-41(31-12-9-8-10-13-31,32-14-18-34(48-6)19-15-32)33-16-20-35(49-7)21-17-33/h8-10,12-21,25,28-29,36-38H,11,23-24,26-27H2,1-7H3,(H,43,46,47)/t36-,37-,38+,54?/m0/s1. The normalized spacial score (nSPS) is 17.9. The summed E-state index contributed by atoms with van der Waals surface area (Å²) in [6.45, 7) is 10.5. The van der Waals surface area contributed by atoms with Crippen molar-refractivity contribution in [3.63, 3.8) is 0 Å². The van der Waals surface area contributed by atoms with Crippen molar-refractivity contribution in [3.8, 4) is 17.6 Å². The van der Waals surface area contributed by atoms with Crippen LogP contribution in [0.3, 0.4) is 0 Å². The second-order valence-corrected chi connectivity index (χ2v) is 15.2. The molecule has 1 aliphatic rings. The highest BCUT2D eigenvalue weighted by Crippen LogP contribution is 2.48. The highest BCUT2D eigenvalue weighted by atomic mass is 31.2. The van der Waals surface area contributed by atoms with Gasteiger partial charge in [0.2, 0.25) is 0 Å². The SMILES string of the molecule is COc1ccc(C(O[C@H]2C[C@@H](Cn3cc(C)c(=O)[nH]c3=O)O[C@@H]2COP(OCCC#N)N(C(C)C)C(C)C)(c2ccccc2)c2ccc(OC)cc2)cc1. The molecule has 12 nitrogen and oxygen atoms in total. The minimum absolute atomic E-state index is 0.105. The lowest BCUT2D eigenvalue weighted by Crippen LogP contribution is -2.41. The molecule has 1 saturated heterocycles. The number of H-pyrrole nitrogens is 1. The Balaban J connectivity index is 1.60. The molecule has 54 heavy (non-hydrogen) atoms. The molecule has 0 bridgehead atoms. The van der Waals surface area contributed by atoms with Crippen molar-refractivity contribution in [2.45, 2.75) is 90.0 Å². The van der Waals surface area contributed by atoms with Gasteiger partial charge < -0.3 is 28.0 Å². The van der Waals surface area contributed by atoms with Crippen LogP contribution in [0.25, 0.3) is 0 Å². The molecule has 0 saturated carbocycles. The Labute approximate surface area is 318 Å². The zero-order chi connectivity index (χ0) is 38.8. The predicted molar refractivity (Wildman–Crippen MR) is 208 cm³/mol. The molecule has 2 heterocycles. The van der Waals surface area contributed by atoms with E-state index in [9.17, 15) is 14.9 Å². The molecule has 0 aliphatic carbocycles. The van der Waals surface area contributed by atoms with Crippen LogP contribution in [0.1, 0.15) is 62.8 Å². The summed E-state index contributed by atoms with van der Waals surface area (Å²) < 4.78 is 41.8. The molecule has 3 aromatic carbocycles. The molecular weight excluding hydrogens is 707 g/mol. The van der Waals surface area contributed by atoms with E-state index < -0.39 is 43.7 Å². The smallest absolute Gasteiger partial charge is 0.328 e. The zero-order valence-corrected chi connectivity index (χ0v) is 33.0. The molecule has 1 aliphatic heterocycles. The average molecular weight is 759 g/mol. The first-order valence-corrected chi connectivity index (χ1v) is 19.3. The molecule has 4 aromatic rings. The topological polar surface area (TPSA) is 137 Å². The van der Waals surface area contributed by atoms with Crippen molar-refractivity contribution in [2.75, 3.05) is 27.4 Å². The zero-order valence-electron chi connectivity index (χ0n) is 32.1. The quantitative estimate of drug-likeness (QED) is 0.0664. The fourth-order valence-electron chi connectivity index (χ4n) is 6.87. The van der Waals surface area contributed by atoms with Gasteiger partial charge in [-0.2, -0.15) is 5.26 Å². The molecule has 1 N–H and O–H groups in total. The summed E-state index contributed by atoms with van der Waals surface area (Å²) in [6.07, 6.45) is 0.574. The first-order chi connectivity index (χ1) is 26.0. The first-order valence-electron chi connectivity index (χ1n) is 18.2. The highest BCUT2D eigenvalue weighted by Gasteiger charge is 2.46. The lowest BCUT2D eigenvalue weighted by Gasteiger charge is -2.40. The number of nitriles is 1. The maximum Gasteiger partial charge on any atom is 0.328 e. The maximum atomic E-state index is 12.9. The minimum Gasteiger partial charge on any atom is -0.497 e. The van der Waals surface area contributed by atoms with Crippen molar-refractivity contribution in [1.29, 1.82) is 5.26 Å². The van der Waals surface area contributed by atoms with Crippen molar-refractivity contribution < 1.29 is 28.0 Å².